The average molecular weight is 293 g/mol. The van der Waals surface area contributed by atoms with Crippen molar-refractivity contribution in [1.82, 2.24) is 20.6 Å². The van der Waals surface area contributed by atoms with Gasteiger partial charge in [-0.1, -0.05) is 13.8 Å². The first kappa shape index (κ1) is 16.9. The molecule has 7 nitrogen and oxygen atoms in total. The standard InChI is InChI=1S/C14H23N5O2/c1-5-16-11(20)6-7-17-14(21)12-10(15-4)8-18-13(19-12)9(2)3/h8-9,15H,5-7H2,1-4H3,(H,16,20)(H,17,21). The Balaban J connectivity index is 2.72. The van der Waals surface area contributed by atoms with Crippen LogP contribution in [-0.2, 0) is 4.79 Å². The molecule has 0 spiro atoms. The van der Waals surface area contributed by atoms with Crippen molar-refractivity contribution in [3.63, 3.8) is 0 Å². The molecule has 1 heterocycles. The molecule has 3 N–H and O–H groups in total. The number of hydrogen-bond donors (Lipinski definition) is 3. The van der Waals surface area contributed by atoms with Gasteiger partial charge in [0.25, 0.3) is 5.91 Å². The van der Waals surface area contributed by atoms with Crippen LogP contribution in [0.15, 0.2) is 6.20 Å². The molecule has 0 atom stereocenters. The predicted molar refractivity (Wildman–Crippen MR) is 81.3 cm³/mol. The number of carbonyl (C=O) groups is 2. The summed E-state index contributed by atoms with van der Waals surface area (Å²) in [6.07, 6.45) is 1.84. The lowest BCUT2D eigenvalue weighted by molar-refractivity contribution is -0.120. The summed E-state index contributed by atoms with van der Waals surface area (Å²) in [6.45, 7) is 6.63. The lowest BCUT2D eigenvalue weighted by Gasteiger charge is -2.11. The smallest absolute Gasteiger partial charge is 0.272 e. The van der Waals surface area contributed by atoms with Crippen LogP contribution in [0.3, 0.4) is 0 Å². The average Bonchev–Trinajstić information content (AvgIpc) is 2.46. The topological polar surface area (TPSA) is 96.0 Å². The van der Waals surface area contributed by atoms with Gasteiger partial charge in [0, 0.05) is 32.5 Å². The van der Waals surface area contributed by atoms with Gasteiger partial charge < -0.3 is 16.0 Å². The summed E-state index contributed by atoms with van der Waals surface area (Å²) in [5.74, 6) is 0.353. The van der Waals surface area contributed by atoms with Crippen molar-refractivity contribution in [3.8, 4) is 0 Å². The number of amides is 2. The molecule has 1 rings (SSSR count). The molecule has 0 bridgehead atoms. The summed E-state index contributed by atoms with van der Waals surface area (Å²) in [4.78, 5) is 32.0. The van der Waals surface area contributed by atoms with E-state index in [0.717, 1.165) is 0 Å². The second kappa shape index (κ2) is 8.18. The van der Waals surface area contributed by atoms with Crippen LogP contribution in [0.5, 0.6) is 0 Å². The van der Waals surface area contributed by atoms with Crippen LogP contribution in [0, 0.1) is 0 Å². The van der Waals surface area contributed by atoms with Crippen molar-refractivity contribution in [2.24, 2.45) is 0 Å². The zero-order chi connectivity index (χ0) is 15.8. The fraction of sp³-hybridized carbons (Fsp3) is 0.571. The molecule has 0 fully saturated rings. The van der Waals surface area contributed by atoms with Gasteiger partial charge in [0.05, 0.1) is 11.9 Å². The number of nitrogens with one attached hydrogen (secondary N) is 3. The van der Waals surface area contributed by atoms with Crippen LogP contribution in [0.4, 0.5) is 5.69 Å². The Hall–Kier alpha value is -2.18. The highest BCUT2D eigenvalue weighted by Gasteiger charge is 2.15. The van der Waals surface area contributed by atoms with Crippen LogP contribution in [0.25, 0.3) is 0 Å². The van der Waals surface area contributed by atoms with E-state index in [2.05, 4.69) is 25.9 Å². The number of aromatic nitrogens is 2. The molecule has 21 heavy (non-hydrogen) atoms. The molecule has 0 radical (unpaired) electrons. The second-order valence-electron chi connectivity index (χ2n) is 4.85. The summed E-state index contributed by atoms with van der Waals surface area (Å²) in [7, 11) is 1.71. The Morgan fingerprint density at radius 2 is 2.00 bits per heavy atom. The summed E-state index contributed by atoms with van der Waals surface area (Å²) in [5, 5.41) is 8.27. The first-order chi connectivity index (χ1) is 9.99. The summed E-state index contributed by atoms with van der Waals surface area (Å²) in [5.41, 5.74) is 0.863. The second-order valence-corrected chi connectivity index (χ2v) is 4.85. The molecule has 7 heteroatoms. The fourth-order valence-corrected chi connectivity index (χ4v) is 1.69. The molecular weight excluding hydrogens is 270 g/mol. The minimum Gasteiger partial charge on any atom is -0.385 e. The van der Waals surface area contributed by atoms with E-state index < -0.39 is 0 Å². The van der Waals surface area contributed by atoms with Crippen molar-refractivity contribution >= 4 is 17.5 Å². The van der Waals surface area contributed by atoms with E-state index in [-0.39, 0.29) is 30.7 Å². The quantitative estimate of drug-likeness (QED) is 0.694. The third kappa shape index (κ3) is 5.02. The van der Waals surface area contributed by atoms with Gasteiger partial charge in [-0.2, -0.15) is 0 Å². The lowest BCUT2D eigenvalue weighted by Crippen LogP contribution is -2.31. The Labute approximate surface area is 124 Å². The minimum absolute atomic E-state index is 0.0859. The highest BCUT2D eigenvalue weighted by Crippen LogP contribution is 2.15. The lowest BCUT2D eigenvalue weighted by atomic mass is 10.2. The highest BCUT2D eigenvalue weighted by atomic mass is 16.2. The first-order valence-electron chi connectivity index (χ1n) is 7.09. The molecule has 0 aliphatic heterocycles. The maximum absolute atomic E-state index is 12.2. The van der Waals surface area contributed by atoms with E-state index >= 15 is 0 Å². The van der Waals surface area contributed by atoms with Gasteiger partial charge in [0.15, 0.2) is 5.69 Å². The molecule has 2 amide bonds. The summed E-state index contributed by atoms with van der Waals surface area (Å²) < 4.78 is 0. The molecule has 0 saturated carbocycles. The van der Waals surface area contributed by atoms with Gasteiger partial charge in [-0.25, -0.2) is 9.97 Å². The predicted octanol–water partition coefficient (Wildman–Crippen LogP) is 0.898. The van der Waals surface area contributed by atoms with E-state index in [9.17, 15) is 9.59 Å². The van der Waals surface area contributed by atoms with Gasteiger partial charge in [-0.15, -0.1) is 0 Å². The minimum atomic E-state index is -0.312. The van der Waals surface area contributed by atoms with E-state index in [1.165, 1.54) is 0 Å². The molecule has 0 unspecified atom stereocenters. The molecule has 0 aliphatic carbocycles. The van der Waals surface area contributed by atoms with Crippen molar-refractivity contribution in [2.45, 2.75) is 33.1 Å². The Morgan fingerprint density at radius 3 is 2.57 bits per heavy atom. The van der Waals surface area contributed by atoms with Crippen molar-refractivity contribution in [3.05, 3.63) is 17.7 Å². The molecule has 116 valence electrons. The van der Waals surface area contributed by atoms with Crippen molar-refractivity contribution in [1.29, 1.82) is 0 Å². The van der Waals surface area contributed by atoms with Crippen LogP contribution in [0.1, 0.15) is 49.4 Å². The number of carbonyl (C=O) groups excluding carboxylic acids is 2. The van der Waals surface area contributed by atoms with Gasteiger partial charge in [-0.3, -0.25) is 9.59 Å². The Kier molecular flexibility index (Phi) is 6.58. The molecular formula is C14H23N5O2. The third-order valence-corrected chi connectivity index (χ3v) is 2.82. The normalized spacial score (nSPS) is 10.3. The van der Waals surface area contributed by atoms with Crippen LogP contribution < -0.4 is 16.0 Å². The third-order valence-electron chi connectivity index (χ3n) is 2.82. The number of anilines is 1. The van der Waals surface area contributed by atoms with Crippen molar-refractivity contribution in [2.75, 3.05) is 25.5 Å². The molecule has 0 saturated heterocycles. The number of hydrogen-bond acceptors (Lipinski definition) is 5. The summed E-state index contributed by atoms with van der Waals surface area (Å²) >= 11 is 0. The van der Waals surface area contributed by atoms with Crippen LogP contribution in [0.2, 0.25) is 0 Å². The van der Waals surface area contributed by atoms with E-state index in [1.54, 1.807) is 13.2 Å². The molecule has 1 aromatic rings. The zero-order valence-electron chi connectivity index (χ0n) is 13.0. The monoisotopic (exact) mass is 293 g/mol. The van der Waals surface area contributed by atoms with Crippen molar-refractivity contribution < 1.29 is 9.59 Å². The first-order valence-corrected chi connectivity index (χ1v) is 7.09. The van der Waals surface area contributed by atoms with E-state index in [1.807, 2.05) is 20.8 Å². The van der Waals surface area contributed by atoms with Gasteiger partial charge in [0.1, 0.15) is 5.82 Å². The summed E-state index contributed by atoms with van der Waals surface area (Å²) in [6, 6.07) is 0. The highest BCUT2D eigenvalue weighted by molar-refractivity contribution is 5.97. The maximum Gasteiger partial charge on any atom is 0.272 e. The van der Waals surface area contributed by atoms with E-state index in [0.29, 0.717) is 23.8 Å². The van der Waals surface area contributed by atoms with Crippen LogP contribution in [-0.4, -0.2) is 41.9 Å². The Morgan fingerprint density at radius 1 is 1.29 bits per heavy atom. The SMILES string of the molecule is CCNC(=O)CCNC(=O)c1nc(C(C)C)ncc1NC. The van der Waals surface area contributed by atoms with Gasteiger partial charge >= 0.3 is 0 Å². The molecule has 1 aromatic heterocycles. The number of rotatable bonds is 7. The van der Waals surface area contributed by atoms with Gasteiger partial charge in [-0.05, 0) is 6.92 Å². The van der Waals surface area contributed by atoms with Crippen LogP contribution >= 0.6 is 0 Å². The van der Waals surface area contributed by atoms with E-state index in [4.69, 9.17) is 0 Å². The fourth-order valence-electron chi connectivity index (χ4n) is 1.69. The molecule has 0 aliphatic rings. The maximum atomic E-state index is 12.2. The number of nitrogens with zero attached hydrogens (tertiary/aromatic N) is 2. The zero-order valence-corrected chi connectivity index (χ0v) is 13.0. The largest absolute Gasteiger partial charge is 0.385 e. The van der Waals surface area contributed by atoms with Gasteiger partial charge in [0.2, 0.25) is 5.91 Å². The Bertz CT molecular complexity index is 502. The molecule has 0 aromatic carbocycles.